The quantitative estimate of drug-likeness (QED) is 0.619. The van der Waals surface area contributed by atoms with Crippen LogP contribution in [0.15, 0.2) is 28.4 Å². The number of aromatic carboxylic acids is 1. The first-order valence-electron chi connectivity index (χ1n) is 8.95. The topological polar surface area (TPSA) is 101 Å². The number of fused-ring (bicyclic) bond motifs is 1. The Labute approximate surface area is 176 Å². The van der Waals surface area contributed by atoms with E-state index in [2.05, 4.69) is 10.3 Å². The van der Waals surface area contributed by atoms with E-state index in [1.165, 1.54) is 9.95 Å². The van der Waals surface area contributed by atoms with Gasteiger partial charge in [-0.3, -0.25) is 14.2 Å². The van der Waals surface area contributed by atoms with Crippen molar-refractivity contribution >= 4 is 50.7 Å². The van der Waals surface area contributed by atoms with Gasteiger partial charge in [-0.15, -0.1) is 11.3 Å². The Morgan fingerprint density at radius 2 is 1.97 bits per heavy atom. The molecule has 2 aromatic heterocycles. The SMILES string of the molecule is Cc1ccc(NC(=O)C(C)n2c(C(C)C)nc3scc(C(=O)O)c3c2=O)cc1Cl. The van der Waals surface area contributed by atoms with Gasteiger partial charge in [-0.05, 0) is 31.5 Å². The van der Waals surface area contributed by atoms with Crippen molar-refractivity contribution in [3.8, 4) is 0 Å². The maximum absolute atomic E-state index is 13.2. The Balaban J connectivity index is 2.09. The number of anilines is 1. The predicted octanol–water partition coefficient (Wildman–Crippen LogP) is 4.44. The van der Waals surface area contributed by atoms with Gasteiger partial charge < -0.3 is 10.4 Å². The highest BCUT2D eigenvalue weighted by Crippen LogP contribution is 2.26. The van der Waals surface area contributed by atoms with Crippen LogP contribution in [0.25, 0.3) is 10.2 Å². The number of nitrogens with zero attached hydrogens (tertiary/aromatic N) is 2. The number of aryl methyl sites for hydroxylation is 1. The van der Waals surface area contributed by atoms with Crippen LogP contribution in [-0.4, -0.2) is 26.5 Å². The van der Waals surface area contributed by atoms with Gasteiger partial charge in [-0.2, -0.15) is 0 Å². The normalized spacial score (nSPS) is 12.3. The molecular weight excluding hydrogens is 414 g/mol. The molecule has 7 nitrogen and oxygen atoms in total. The Hall–Kier alpha value is -2.71. The summed E-state index contributed by atoms with van der Waals surface area (Å²) in [6, 6.07) is 4.24. The van der Waals surface area contributed by atoms with Crippen molar-refractivity contribution in [3.63, 3.8) is 0 Å². The van der Waals surface area contributed by atoms with Crippen molar-refractivity contribution < 1.29 is 14.7 Å². The standard InChI is InChI=1S/C20H20ClN3O4S/c1-9(2)16-23-18-15(13(8-29-18)20(27)28)19(26)24(16)11(4)17(25)22-12-6-5-10(3)14(21)7-12/h5-9,11H,1-4H3,(H,22,25)(H,27,28). The third-order valence-corrected chi connectivity index (χ3v) is 5.90. The van der Waals surface area contributed by atoms with Gasteiger partial charge in [0, 0.05) is 22.0 Å². The Morgan fingerprint density at radius 1 is 1.28 bits per heavy atom. The second-order valence-corrected chi connectivity index (χ2v) is 8.33. The van der Waals surface area contributed by atoms with E-state index >= 15 is 0 Å². The number of carboxylic acids is 1. The minimum atomic E-state index is -1.20. The van der Waals surface area contributed by atoms with Crippen molar-refractivity contribution in [1.29, 1.82) is 0 Å². The molecule has 9 heteroatoms. The number of hydrogen-bond donors (Lipinski definition) is 2. The highest BCUT2D eigenvalue weighted by Gasteiger charge is 2.26. The monoisotopic (exact) mass is 433 g/mol. The summed E-state index contributed by atoms with van der Waals surface area (Å²) in [5.74, 6) is -1.36. The zero-order valence-electron chi connectivity index (χ0n) is 16.3. The fourth-order valence-electron chi connectivity index (χ4n) is 2.99. The fraction of sp³-hybridized carbons (Fsp3) is 0.300. The smallest absolute Gasteiger partial charge is 0.337 e. The van der Waals surface area contributed by atoms with Crippen molar-refractivity contribution in [2.75, 3.05) is 5.32 Å². The van der Waals surface area contributed by atoms with E-state index in [4.69, 9.17) is 11.6 Å². The first kappa shape index (κ1) is 21.0. The second-order valence-electron chi connectivity index (χ2n) is 7.06. The molecule has 2 N–H and O–H groups in total. The van der Waals surface area contributed by atoms with Crippen molar-refractivity contribution in [1.82, 2.24) is 9.55 Å². The third-order valence-electron chi connectivity index (χ3n) is 4.62. The van der Waals surface area contributed by atoms with Gasteiger partial charge in [-0.25, -0.2) is 9.78 Å². The second kappa shape index (κ2) is 7.96. The van der Waals surface area contributed by atoms with Crippen LogP contribution in [-0.2, 0) is 4.79 Å². The molecule has 0 bridgehead atoms. The number of amides is 1. The molecule has 152 valence electrons. The fourth-order valence-corrected chi connectivity index (χ4v) is 4.08. The largest absolute Gasteiger partial charge is 0.478 e. The van der Waals surface area contributed by atoms with Crippen LogP contribution in [0.4, 0.5) is 5.69 Å². The number of carbonyl (C=O) groups is 2. The van der Waals surface area contributed by atoms with Gasteiger partial charge in [0.15, 0.2) is 0 Å². The molecule has 0 radical (unpaired) electrons. The molecule has 0 saturated carbocycles. The maximum atomic E-state index is 13.2. The maximum Gasteiger partial charge on any atom is 0.337 e. The highest BCUT2D eigenvalue weighted by molar-refractivity contribution is 7.17. The third kappa shape index (κ3) is 3.90. The van der Waals surface area contributed by atoms with Crippen molar-refractivity contribution in [2.45, 2.75) is 39.7 Å². The van der Waals surface area contributed by atoms with Crippen LogP contribution >= 0.6 is 22.9 Å². The molecule has 1 atom stereocenters. The number of halogens is 1. The number of benzene rings is 1. The van der Waals surface area contributed by atoms with Gasteiger partial charge >= 0.3 is 5.97 Å². The van der Waals surface area contributed by atoms with Gasteiger partial charge in [0.25, 0.3) is 5.56 Å². The van der Waals surface area contributed by atoms with Crippen LogP contribution in [0.2, 0.25) is 5.02 Å². The molecule has 1 unspecified atom stereocenters. The van der Waals surface area contributed by atoms with Crippen LogP contribution < -0.4 is 10.9 Å². The lowest BCUT2D eigenvalue weighted by atomic mass is 10.1. The lowest BCUT2D eigenvalue weighted by Gasteiger charge is -2.21. The molecule has 0 spiro atoms. The van der Waals surface area contributed by atoms with E-state index in [0.29, 0.717) is 21.4 Å². The van der Waals surface area contributed by atoms with Crippen molar-refractivity contribution in [2.24, 2.45) is 0 Å². The number of carbonyl (C=O) groups excluding carboxylic acids is 1. The molecular formula is C20H20ClN3O4S. The van der Waals surface area contributed by atoms with Gasteiger partial charge in [-0.1, -0.05) is 31.5 Å². The zero-order chi connectivity index (χ0) is 21.5. The average Bonchev–Trinajstić information content (AvgIpc) is 3.08. The van der Waals surface area contributed by atoms with Gasteiger partial charge in [0.1, 0.15) is 16.7 Å². The molecule has 1 amide bonds. The Kier molecular flexibility index (Phi) is 5.77. The molecule has 0 aliphatic carbocycles. The van der Waals surface area contributed by atoms with E-state index < -0.39 is 23.5 Å². The van der Waals surface area contributed by atoms with Crippen LogP contribution in [0.3, 0.4) is 0 Å². The molecule has 0 saturated heterocycles. The summed E-state index contributed by atoms with van der Waals surface area (Å²) in [4.78, 5) is 42.4. The first-order valence-corrected chi connectivity index (χ1v) is 10.2. The molecule has 0 aliphatic rings. The Bertz CT molecular complexity index is 1180. The molecule has 3 aromatic rings. The summed E-state index contributed by atoms with van der Waals surface area (Å²) in [5.41, 5.74) is 0.739. The molecule has 29 heavy (non-hydrogen) atoms. The summed E-state index contributed by atoms with van der Waals surface area (Å²) in [7, 11) is 0. The number of rotatable bonds is 5. The van der Waals surface area contributed by atoms with E-state index in [1.807, 2.05) is 20.8 Å². The zero-order valence-corrected chi connectivity index (χ0v) is 17.9. The number of hydrogen-bond acceptors (Lipinski definition) is 5. The summed E-state index contributed by atoms with van der Waals surface area (Å²) >= 11 is 7.22. The number of nitrogens with one attached hydrogen (secondary N) is 1. The molecule has 2 heterocycles. The van der Waals surface area contributed by atoms with Crippen molar-refractivity contribution in [3.05, 3.63) is 55.9 Å². The lowest BCUT2D eigenvalue weighted by Crippen LogP contribution is -2.35. The van der Waals surface area contributed by atoms with Crippen LogP contribution in [0.1, 0.15) is 54.5 Å². The number of carboxylic acid groups (broad SMARTS) is 1. The van der Waals surface area contributed by atoms with Gasteiger partial charge in [0.05, 0.1) is 10.9 Å². The van der Waals surface area contributed by atoms with Crippen LogP contribution in [0.5, 0.6) is 0 Å². The lowest BCUT2D eigenvalue weighted by molar-refractivity contribution is -0.118. The summed E-state index contributed by atoms with van der Waals surface area (Å²) in [5, 5.41) is 14.1. The minimum Gasteiger partial charge on any atom is -0.478 e. The summed E-state index contributed by atoms with van der Waals surface area (Å²) in [6.45, 7) is 7.16. The van der Waals surface area contributed by atoms with E-state index in [9.17, 15) is 19.5 Å². The Morgan fingerprint density at radius 3 is 2.55 bits per heavy atom. The molecule has 3 rings (SSSR count). The molecule has 1 aromatic carbocycles. The number of aromatic nitrogens is 2. The van der Waals surface area contributed by atoms with E-state index in [-0.39, 0.29) is 16.9 Å². The first-order chi connectivity index (χ1) is 13.6. The number of thiophene rings is 1. The molecule has 0 fully saturated rings. The molecule has 0 aliphatic heterocycles. The van der Waals surface area contributed by atoms with E-state index in [0.717, 1.165) is 16.9 Å². The summed E-state index contributed by atoms with van der Waals surface area (Å²) in [6.07, 6.45) is 0. The van der Waals surface area contributed by atoms with Gasteiger partial charge in [0.2, 0.25) is 5.91 Å². The van der Waals surface area contributed by atoms with Crippen LogP contribution in [0, 0.1) is 6.92 Å². The van der Waals surface area contributed by atoms with E-state index in [1.54, 1.807) is 25.1 Å². The minimum absolute atomic E-state index is 0.0185. The highest BCUT2D eigenvalue weighted by atomic mass is 35.5. The summed E-state index contributed by atoms with van der Waals surface area (Å²) < 4.78 is 1.28. The average molecular weight is 434 g/mol. The predicted molar refractivity (Wildman–Crippen MR) is 114 cm³/mol.